The van der Waals surface area contributed by atoms with E-state index in [0.717, 1.165) is 21.4 Å². The van der Waals surface area contributed by atoms with E-state index in [4.69, 9.17) is 5.73 Å². The summed E-state index contributed by atoms with van der Waals surface area (Å²) < 4.78 is 11.8. The van der Waals surface area contributed by atoms with Gasteiger partial charge in [0.15, 0.2) is 0 Å². The smallest absolute Gasteiger partial charge is 0.0790 e. The third kappa shape index (κ3) is 1.11. The maximum absolute atomic E-state index is 11.8. The first-order valence-electron chi connectivity index (χ1n) is 4.53. The van der Waals surface area contributed by atoms with E-state index in [9.17, 15) is 4.21 Å². The molecule has 0 radical (unpaired) electrons. The Labute approximate surface area is 89.1 Å². The number of nitrogens with two attached hydrogens (primary N) is 1. The topological polar surface area (TPSA) is 56.0 Å². The molecule has 1 aliphatic heterocycles. The molecular weight excluding hydrogens is 208 g/mol. The van der Waals surface area contributed by atoms with Crippen LogP contribution in [0, 0.1) is 0 Å². The minimum Gasteiger partial charge on any atom is -0.398 e. The van der Waals surface area contributed by atoms with Crippen LogP contribution in [0.2, 0.25) is 0 Å². The van der Waals surface area contributed by atoms with E-state index in [-0.39, 0.29) is 0 Å². The fourth-order valence-corrected chi connectivity index (χ4v) is 3.01. The molecule has 2 N–H and O–H groups in total. The molecule has 15 heavy (non-hydrogen) atoms. The molecule has 0 amide bonds. The van der Waals surface area contributed by atoms with Gasteiger partial charge in [-0.05, 0) is 23.8 Å². The van der Waals surface area contributed by atoms with E-state index in [1.807, 2.05) is 18.2 Å². The highest BCUT2D eigenvalue weighted by atomic mass is 32.2. The van der Waals surface area contributed by atoms with Crippen LogP contribution in [0.1, 0.15) is 5.56 Å². The highest BCUT2D eigenvalue weighted by molar-refractivity contribution is 7.88. The maximum Gasteiger partial charge on any atom is 0.0790 e. The van der Waals surface area contributed by atoms with Gasteiger partial charge >= 0.3 is 0 Å². The highest BCUT2D eigenvalue weighted by Crippen LogP contribution is 2.33. The number of anilines is 1. The number of fused-ring (bicyclic) bond motifs is 3. The summed E-state index contributed by atoms with van der Waals surface area (Å²) in [7, 11) is -1.08. The zero-order valence-corrected chi connectivity index (χ0v) is 8.62. The molecule has 0 saturated carbocycles. The minimum atomic E-state index is -1.08. The lowest BCUT2D eigenvalue weighted by Gasteiger charge is -2.06. The van der Waals surface area contributed by atoms with Crippen molar-refractivity contribution < 1.29 is 4.21 Å². The van der Waals surface area contributed by atoms with E-state index >= 15 is 0 Å². The molecule has 0 saturated heterocycles. The van der Waals surface area contributed by atoms with Crippen LogP contribution >= 0.6 is 0 Å². The number of hydrogen-bond donors (Lipinski definition) is 1. The first-order valence-corrected chi connectivity index (χ1v) is 5.74. The van der Waals surface area contributed by atoms with E-state index in [2.05, 4.69) is 4.98 Å². The zero-order valence-electron chi connectivity index (χ0n) is 7.81. The van der Waals surface area contributed by atoms with E-state index in [1.54, 1.807) is 17.7 Å². The number of pyridine rings is 1. The Balaban J connectivity index is 2.54. The molecule has 4 heteroatoms. The Bertz CT molecular complexity index is 619. The van der Waals surface area contributed by atoms with Crippen molar-refractivity contribution in [2.24, 2.45) is 0 Å². The second-order valence-corrected chi connectivity index (χ2v) is 4.65. The summed E-state index contributed by atoms with van der Waals surface area (Å²) in [5.41, 5.74) is 8.29. The zero-order chi connectivity index (χ0) is 10.4. The van der Waals surface area contributed by atoms with Gasteiger partial charge in [0.1, 0.15) is 0 Å². The predicted octanol–water partition coefficient (Wildman–Crippen LogP) is 1.91. The van der Waals surface area contributed by atoms with Gasteiger partial charge < -0.3 is 5.73 Å². The Hall–Kier alpha value is -1.68. The summed E-state index contributed by atoms with van der Waals surface area (Å²) in [5, 5.41) is 2.50. The normalized spacial score (nSPS) is 18.3. The van der Waals surface area contributed by atoms with Crippen molar-refractivity contribution in [3.05, 3.63) is 35.4 Å². The van der Waals surface area contributed by atoms with Gasteiger partial charge in [-0.15, -0.1) is 0 Å². The molecule has 0 fully saturated rings. The number of aromatic nitrogens is 1. The van der Waals surface area contributed by atoms with Crippen LogP contribution in [-0.2, 0) is 10.8 Å². The molecule has 2 heterocycles. The first-order chi connectivity index (χ1) is 7.27. The molecule has 1 aromatic heterocycles. The van der Waals surface area contributed by atoms with E-state index in [1.165, 1.54) is 0 Å². The molecular formula is C11H8N2OS. The van der Waals surface area contributed by atoms with Crippen LogP contribution in [-0.4, -0.2) is 9.19 Å². The lowest BCUT2D eigenvalue weighted by molar-refractivity contribution is 0.689. The average molecular weight is 216 g/mol. The fraction of sp³-hybridized carbons (Fsp3) is 0. The Kier molecular flexibility index (Phi) is 1.67. The quantitative estimate of drug-likeness (QED) is 0.731. The summed E-state index contributed by atoms with van der Waals surface area (Å²) in [6.45, 7) is 0. The largest absolute Gasteiger partial charge is 0.398 e. The van der Waals surface area contributed by atoms with Gasteiger partial charge in [-0.2, -0.15) is 0 Å². The lowest BCUT2D eigenvalue weighted by atomic mass is 10.1. The summed E-state index contributed by atoms with van der Waals surface area (Å²) in [6, 6.07) is 5.56. The van der Waals surface area contributed by atoms with Crippen molar-refractivity contribution in [1.29, 1.82) is 0 Å². The summed E-state index contributed by atoms with van der Waals surface area (Å²) in [6.07, 6.45) is 3.52. The third-order valence-electron chi connectivity index (χ3n) is 2.49. The summed E-state index contributed by atoms with van der Waals surface area (Å²) >= 11 is 0. The molecule has 1 unspecified atom stereocenters. The maximum atomic E-state index is 11.8. The standard InChI is InChI=1S/C11H8N2OS/c12-8-3-5-13-9-2-1-7-4-6-15(14)11(7)10(8)9/h1-6H,(H2,12,13). The number of nitrogens with zero attached hydrogens (tertiary/aromatic N) is 1. The second kappa shape index (κ2) is 2.90. The fourth-order valence-electron chi connectivity index (χ4n) is 1.81. The molecule has 0 spiro atoms. The SMILES string of the molecule is Nc1ccnc2ccc3c(c12)S(=O)C=C3. The van der Waals surface area contributed by atoms with Gasteiger partial charge in [-0.3, -0.25) is 4.98 Å². The van der Waals surface area contributed by atoms with Gasteiger partial charge in [-0.1, -0.05) is 6.07 Å². The molecule has 1 atom stereocenters. The second-order valence-electron chi connectivity index (χ2n) is 3.38. The molecule has 0 aliphatic carbocycles. The average Bonchev–Trinajstić information content (AvgIpc) is 2.61. The van der Waals surface area contributed by atoms with Gasteiger partial charge in [0.05, 0.1) is 21.2 Å². The molecule has 3 rings (SSSR count). The number of hydrogen-bond acceptors (Lipinski definition) is 3. The number of benzene rings is 1. The highest BCUT2D eigenvalue weighted by Gasteiger charge is 2.17. The van der Waals surface area contributed by atoms with Gasteiger partial charge in [0.2, 0.25) is 0 Å². The number of nitrogen functional groups attached to an aromatic ring is 1. The predicted molar refractivity (Wildman–Crippen MR) is 61.6 cm³/mol. The Morgan fingerprint density at radius 1 is 1.27 bits per heavy atom. The van der Waals surface area contributed by atoms with Crippen molar-refractivity contribution in [3.63, 3.8) is 0 Å². The van der Waals surface area contributed by atoms with Crippen LogP contribution in [0.4, 0.5) is 5.69 Å². The van der Waals surface area contributed by atoms with Crippen LogP contribution in [0.3, 0.4) is 0 Å². The summed E-state index contributed by atoms with van der Waals surface area (Å²) in [5.74, 6) is 0. The van der Waals surface area contributed by atoms with Gasteiger partial charge in [0, 0.05) is 22.7 Å². The van der Waals surface area contributed by atoms with E-state index < -0.39 is 10.8 Å². The third-order valence-corrected chi connectivity index (χ3v) is 3.72. The van der Waals surface area contributed by atoms with Crippen LogP contribution in [0.5, 0.6) is 0 Å². The Morgan fingerprint density at radius 3 is 3.00 bits per heavy atom. The van der Waals surface area contributed by atoms with E-state index in [0.29, 0.717) is 5.69 Å². The monoisotopic (exact) mass is 216 g/mol. The lowest BCUT2D eigenvalue weighted by Crippen LogP contribution is -1.94. The van der Waals surface area contributed by atoms with Crippen molar-refractivity contribution in [3.8, 4) is 0 Å². The van der Waals surface area contributed by atoms with Gasteiger partial charge in [0.25, 0.3) is 0 Å². The molecule has 0 bridgehead atoms. The van der Waals surface area contributed by atoms with Crippen LogP contribution in [0.25, 0.3) is 17.0 Å². The summed E-state index contributed by atoms with van der Waals surface area (Å²) in [4.78, 5) is 5.00. The Morgan fingerprint density at radius 2 is 2.13 bits per heavy atom. The molecule has 3 nitrogen and oxygen atoms in total. The number of rotatable bonds is 0. The van der Waals surface area contributed by atoms with Crippen molar-refractivity contribution in [2.75, 3.05) is 5.73 Å². The van der Waals surface area contributed by atoms with Crippen LogP contribution in [0.15, 0.2) is 34.7 Å². The molecule has 74 valence electrons. The minimum absolute atomic E-state index is 0.633. The molecule has 2 aromatic rings. The first kappa shape index (κ1) is 8.61. The van der Waals surface area contributed by atoms with Crippen molar-refractivity contribution in [2.45, 2.75) is 4.90 Å². The van der Waals surface area contributed by atoms with Gasteiger partial charge in [-0.25, -0.2) is 4.21 Å². The van der Waals surface area contributed by atoms with Crippen molar-refractivity contribution in [1.82, 2.24) is 4.98 Å². The van der Waals surface area contributed by atoms with Crippen molar-refractivity contribution >= 4 is 33.5 Å². The van der Waals surface area contributed by atoms with Crippen LogP contribution < -0.4 is 5.73 Å². The molecule has 1 aliphatic rings. The molecule has 1 aromatic carbocycles.